The van der Waals surface area contributed by atoms with Crippen LogP contribution in [-0.4, -0.2) is 11.5 Å². The van der Waals surface area contributed by atoms with Crippen LogP contribution < -0.4 is 5.73 Å². The van der Waals surface area contributed by atoms with Gasteiger partial charge in [0.05, 0.1) is 0 Å². The summed E-state index contributed by atoms with van der Waals surface area (Å²) >= 11 is 0. The predicted octanol–water partition coefficient (Wildman–Crippen LogP) is 4.48. The van der Waals surface area contributed by atoms with Gasteiger partial charge in [0, 0.05) is 33.8 Å². The number of fused-ring (bicyclic) bond motifs is 3. The lowest BCUT2D eigenvalue weighted by molar-refractivity contribution is 0.301. The van der Waals surface area contributed by atoms with E-state index in [-0.39, 0.29) is 5.41 Å². The number of nitrogens with one attached hydrogen (secondary N) is 1. The van der Waals surface area contributed by atoms with Crippen molar-refractivity contribution < 1.29 is 0 Å². The number of hydrogen-bond donors (Lipinski definition) is 2. The van der Waals surface area contributed by atoms with Gasteiger partial charge in [-0.1, -0.05) is 43.5 Å². The third-order valence-corrected chi connectivity index (χ3v) is 5.32. The smallest absolute Gasteiger partial charge is 0.0465 e. The Hall–Kier alpha value is -1.80. The van der Waals surface area contributed by atoms with Gasteiger partial charge >= 0.3 is 0 Å². The Morgan fingerprint density at radius 2 is 1.67 bits per heavy atom. The number of H-pyrrole nitrogens is 1. The van der Waals surface area contributed by atoms with Crippen molar-refractivity contribution in [1.29, 1.82) is 0 Å². The summed E-state index contributed by atoms with van der Waals surface area (Å²) in [5.74, 6) is 0. The van der Waals surface area contributed by atoms with E-state index >= 15 is 0 Å². The molecule has 0 spiro atoms. The Bertz CT molecular complexity index is 778. The van der Waals surface area contributed by atoms with Crippen LogP contribution in [0.4, 0.5) is 0 Å². The van der Waals surface area contributed by atoms with E-state index < -0.39 is 0 Å². The topological polar surface area (TPSA) is 41.8 Å². The highest BCUT2D eigenvalue weighted by Gasteiger charge is 2.32. The van der Waals surface area contributed by atoms with Crippen LogP contribution in [0.5, 0.6) is 0 Å². The van der Waals surface area contributed by atoms with E-state index in [1.54, 1.807) is 0 Å². The molecule has 0 bridgehead atoms. The number of rotatable bonds is 2. The molecule has 0 aliphatic heterocycles. The van der Waals surface area contributed by atoms with E-state index in [1.165, 1.54) is 59.5 Å². The highest BCUT2D eigenvalue weighted by molar-refractivity contribution is 6.07. The number of aromatic nitrogens is 1. The van der Waals surface area contributed by atoms with Crippen LogP contribution in [0.1, 0.15) is 37.7 Å². The first-order valence-electron chi connectivity index (χ1n) is 8.03. The van der Waals surface area contributed by atoms with E-state index in [1.807, 2.05) is 0 Å². The molecule has 1 aliphatic carbocycles. The van der Waals surface area contributed by atoms with Gasteiger partial charge in [0.15, 0.2) is 0 Å². The van der Waals surface area contributed by atoms with Gasteiger partial charge in [0.2, 0.25) is 0 Å². The molecule has 21 heavy (non-hydrogen) atoms. The average Bonchev–Trinajstić information content (AvgIpc) is 2.93. The largest absolute Gasteiger partial charge is 0.355 e. The predicted molar refractivity (Wildman–Crippen MR) is 89.6 cm³/mol. The zero-order valence-electron chi connectivity index (χ0n) is 12.4. The van der Waals surface area contributed by atoms with Crippen LogP contribution >= 0.6 is 0 Å². The minimum Gasteiger partial charge on any atom is -0.355 e. The lowest BCUT2D eigenvalue weighted by Gasteiger charge is -2.37. The maximum atomic E-state index is 6.19. The van der Waals surface area contributed by atoms with Crippen LogP contribution in [-0.2, 0) is 5.41 Å². The van der Waals surface area contributed by atoms with E-state index in [0.29, 0.717) is 0 Å². The van der Waals surface area contributed by atoms with Crippen molar-refractivity contribution in [2.45, 2.75) is 37.5 Å². The molecule has 1 saturated carbocycles. The quantitative estimate of drug-likeness (QED) is 0.713. The summed E-state index contributed by atoms with van der Waals surface area (Å²) in [5.41, 5.74) is 10.3. The number of hydrogen-bond acceptors (Lipinski definition) is 1. The molecule has 1 aliphatic rings. The molecule has 0 amide bonds. The molecule has 2 heteroatoms. The van der Waals surface area contributed by atoms with Crippen LogP contribution in [0.3, 0.4) is 0 Å². The van der Waals surface area contributed by atoms with E-state index in [2.05, 4.69) is 47.4 Å². The van der Waals surface area contributed by atoms with Crippen LogP contribution in [0.25, 0.3) is 21.8 Å². The SMILES string of the molecule is NCC1(c2ccc3[nH]c4ccccc4c3c2)CCCCC1. The van der Waals surface area contributed by atoms with Gasteiger partial charge in [-0.05, 0) is 36.6 Å². The summed E-state index contributed by atoms with van der Waals surface area (Å²) in [7, 11) is 0. The van der Waals surface area contributed by atoms with Crippen molar-refractivity contribution >= 4 is 21.8 Å². The average molecular weight is 278 g/mol. The zero-order chi connectivity index (χ0) is 14.3. The second-order valence-electron chi connectivity index (χ2n) is 6.48. The van der Waals surface area contributed by atoms with Crippen molar-refractivity contribution in [1.82, 2.24) is 4.98 Å². The highest BCUT2D eigenvalue weighted by atomic mass is 14.7. The van der Waals surface area contributed by atoms with E-state index in [4.69, 9.17) is 5.73 Å². The van der Waals surface area contributed by atoms with E-state index in [0.717, 1.165) is 6.54 Å². The summed E-state index contributed by atoms with van der Waals surface area (Å²) in [6.45, 7) is 0.765. The molecule has 3 aromatic rings. The summed E-state index contributed by atoms with van der Waals surface area (Å²) < 4.78 is 0. The van der Waals surface area contributed by atoms with Crippen molar-refractivity contribution in [2.24, 2.45) is 5.73 Å². The van der Waals surface area contributed by atoms with Gasteiger partial charge < -0.3 is 10.7 Å². The number of para-hydroxylation sites is 1. The van der Waals surface area contributed by atoms with Crippen molar-refractivity contribution in [3.63, 3.8) is 0 Å². The molecular formula is C19H22N2. The monoisotopic (exact) mass is 278 g/mol. The fourth-order valence-electron chi connectivity index (χ4n) is 4.02. The van der Waals surface area contributed by atoms with Crippen molar-refractivity contribution in [3.8, 4) is 0 Å². The molecule has 2 aromatic carbocycles. The molecule has 1 heterocycles. The Morgan fingerprint density at radius 3 is 2.48 bits per heavy atom. The van der Waals surface area contributed by atoms with Crippen molar-refractivity contribution in [2.75, 3.05) is 6.54 Å². The Kier molecular flexibility index (Phi) is 3.00. The maximum Gasteiger partial charge on any atom is 0.0465 e. The second-order valence-corrected chi connectivity index (χ2v) is 6.48. The van der Waals surface area contributed by atoms with Crippen molar-refractivity contribution in [3.05, 3.63) is 48.0 Å². The lowest BCUT2D eigenvalue weighted by atomic mass is 9.69. The minimum absolute atomic E-state index is 0.199. The molecule has 2 nitrogen and oxygen atoms in total. The fraction of sp³-hybridized carbons (Fsp3) is 0.368. The summed E-state index contributed by atoms with van der Waals surface area (Å²) in [6.07, 6.45) is 6.44. The standard InChI is InChI=1S/C19H22N2/c20-13-19(10-4-1-5-11-19)14-8-9-18-16(12-14)15-6-2-3-7-17(15)21-18/h2-3,6-9,12,21H,1,4-5,10-11,13,20H2. The molecule has 3 N–H and O–H groups in total. The molecule has 1 aromatic heterocycles. The minimum atomic E-state index is 0.199. The van der Waals surface area contributed by atoms with Crippen LogP contribution in [0, 0.1) is 0 Å². The fourth-order valence-corrected chi connectivity index (χ4v) is 4.02. The maximum absolute atomic E-state index is 6.19. The van der Waals surface area contributed by atoms with Gasteiger partial charge in [-0.25, -0.2) is 0 Å². The van der Waals surface area contributed by atoms with Gasteiger partial charge in [0.25, 0.3) is 0 Å². The number of nitrogens with two attached hydrogens (primary N) is 1. The van der Waals surface area contributed by atoms with Gasteiger partial charge in [-0.2, -0.15) is 0 Å². The molecular weight excluding hydrogens is 256 g/mol. The molecule has 1 fully saturated rings. The Labute approximate surface area is 125 Å². The number of aromatic amines is 1. The van der Waals surface area contributed by atoms with Gasteiger partial charge in [-0.15, -0.1) is 0 Å². The highest BCUT2D eigenvalue weighted by Crippen LogP contribution is 2.40. The summed E-state index contributed by atoms with van der Waals surface area (Å²) in [6, 6.07) is 15.4. The molecule has 0 atom stereocenters. The normalized spacial score (nSPS) is 18.3. The summed E-state index contributed by atoms with van der Waals surface area (Å²) in [5, 5.41) is 2.65. The van der Waals surface area contributed by atoms with Gasteiger partial charge in [0.1, 0.15) is 0 Å². The molecule has 0 radical (unpaired) electrons. The number of benzene rings is 2. The lowest BCUT2D eigenvalue weighted by Crippen LogP contribution is -2.37. The first-order valence-corrected chi connectivity index (χ1v) is 8.03. The molecule has 108 valence electrons. The first kappa shape index (κ1) is 12.9. The van der Waals surface area contributed by atoms with Gasteiger partial charge in [-0.3, -0.25) is 0 Å². The third kappa shape index (κ3) is 1.97. The summed E-state index contributed by atoms with van der Waals surface area (Å²) in [4.78, 5) is 3.51. The third-order valence-electron chi connectivity index (χ3n) is 5.32. The van der Waals surface area contributed by atoms with E-state index in [9.17, 15) is 0 Å². The zero-order valence-corrected chi connectivity index (χ0v) is 12.4. The molecule has 0 saturated heterocycles. The van der Waals surface area contributed by atoms with Crippen LogP contribution in [0.2, 0.25) is 0 Å². The first-order chi connectivity index (χ1) is 10.3. The molecule has 0 unspecified atom stereocenters. The Balaban J connectivity index is 1.91. The molecule has 4 rings (SSSR count). The second kappa shape index (κ2) is 4.88. The Morgan fingerprint density at radius 1 is 0.905 bits per heavy atom. The van der Waals surface area contributed by atoms with Crippen LogP contribution in [0.15, 0.2) is 42.5 Å².